The standard InChI is InChI=1S/C16H14Cl2O4S/c1-2-21-14(20)9-23-13-8-7-12(15(17)16(13)18)22-11-5-3-10(19)4-6-11/h3-8,19H,2,9H2,1H3. The van der Waals surface area contributed by atoms with Crippen LogP contribution in [0.3, 0.4) is 0 Å². The molecular formula is C16H14Cl2O4S. The predicted molar refractivity (Wildman–Crippen MR) is 92.0 cm³/mol. The third kappa shape index (κ3) is 4.96. The summed E-state index contributed by atoms with van der Waals surface area (Å²) in [6, 6.07) is 9.65. The van der Waals surface area contributed by atoms with Gasteiger partial charge in [0.15, 0.2) is 0 Å². The molecule has 23 heavy (non-hydrogen) atoms. The molecule has 0 aliphatic rings. The van der Waals surface area contributed by atoms with Crippen molar-refractivity contribution in [2.24, 2.45) is 0 Å². The van der Waals surface area contributed by atoms with E-state index in [1.165, 1.54) is 23.9 Å². The number of hydrogen-bond acceptors (Lipinski definition) is 5. The predicted octanol–water partition coefficient (Wildman–Crippen LogP) is 5.15. The molecule has 122 valence electrons. The van der Waals surface area contributed by atoms with Gasteiger partial charge in [0.25, 0.3) is 0 Å². The average molecular weight is 373 g/mol. The average Bonchev–Trinajstić information content (AvgIpc) is 2.53. The van der Waals surface area contributed by atoms with Crippen molar-refractivity contribution >= 4 is 40.9 Å². The molecule has 7 heteroatoms. The summed E-state index contributed by atoms with van der Waals surface area (Å²) in [6.07, 6.45) is 0. The van der Waals surface area contributed by atoms with Gasteiger partial charge in [-0.25, -0.2) is 0 Å². The van der Waals surface area contributed by atoms with Crippen molar-refractivity contribution in [1.29, 1.82) is 0 Å². The summed E-state index contributed by atoms with van der Waals surface area (Å²) in [5.41, 5.74) is 0. The molecule has 1 N–H and O–H groups in total. The number of phenolic OH excluding ortho intramolecular Hbond substituents is 1. The summed E-state index contributed by atoms with van der Waals surface area (Å²) in [5.74, 6) is 0.902. The Labute approximate surface area is 148 Å². The quantitative estimate of drug-likeness (QED) is 0.561. The maximum absolute atomic E-state index is 11.4. The highest BCUT2D eigenvalue weighted by atomic mass is 35.5. The molecule has 0 saturated heterocycles. The van der Waals surface area contributed by atoms with Crippen LogP contribution in [0.2, 0.25) is 10.0 Å². The van der Waals surface area contributed by atoms with Gasteiger partial charge < -0.3 is 14.6 Å². The Balaban J connectivity index is 2.10. The highest BCUT2D eigenvalue weighted by Crippen LogP contribution is 2.40. The number of aromatic hydroxyl groups is 1. The fourth-order valence-corrected chi connectivity index (χ4v) is 3.01. The molecule has 2 aromatic carbocycles. The Morgan fingerprint density at radius 3 is 2.48 bits per heavy atom. The topological polar surface area (TPSA) is 55.8 Å². The fraction of sp³-hybridized carbons (Fsp3) is 0.188. The largest absolute Gasteiger partial charge is 0.508 e. The minimum absolute atomic E-state index is 0.146. The van der Waals surface area contributed by atoms with E-state index in [9.17, 15) is 9.90 Å². The molecule has 2 aromatic rings. The second kappa shape index (κ2) is 8.34. The SMILES string of the molecule is CCOC(=O)CSc1ccc(Oc2ccc(O)cc2)c(Cl)c1Cl. The lowest BCUT2D eigenvalue weighted by Crippen LogP contribution is -2.06. The number of halogens is 2. The number of rotatable bonds is 6. The molecule has 0 unspecified atom stereocenters. The van der Waals surface area contributed by atoms with Gasteiger partial charge in [-0.15, -0.1) is 11.8 Å². The summed E-state index contributed by atoms with van der Waals surface area (Å²) in [4.78, 5) is 12.1. The van der Waals surface area contributed by atoms with Gasteiger partial charge in [0.1, 0.15) is 22.3 Å². The Bertz CT molecular complexity index is 689. The maximum Gasteiger partial charge on any atom is 0.316 e. The van der Waals surface area contributed by atoms with Gasteiger partial charge in [0, 0.05) is 4.90 Å². The van der Waals surface area contributed by atoms with Crippen molar-refractivity contribution in [3.05, 3.63) is 46.4 Å². The highest BCUT2D eigenvalue weighted by molar-refractivity contribution is 8.00. The first-order valence-electron chi connectivity index (χ1n) is 6.74. The molecule has 0 amide bonds. The monoisotopic (exact) mass is 372 g/mol. The van der Waals surface area contributed by atoms with Crippen LogP contribution in [-0.2, 0) is 9.53 Å². The molecule has 0 spiro atoms. The van der Waals surface area contributed by atoms with Crippen LogP contribution >= 0.6 is 35.0 Å². The molecule has 0 aromatic heterocycles. The van der Waals surface area contributed by atoms with Crippen molar-refractivity contribution in [2.45, 2.75) is 11.8 Å². The number of hydrogen-bond donors (Lipinski definition) is 1. The molecule has 4 nitrogen and oxygen atoms in total. The smallest absolute Gasteiger partial charge is 0.316 e. The number of thioether (sulfide) groups is 1. The van der Waals surface area contributed by atoms with Gasteiger partial charge in [-0.3, -0.25) is 4.79 Å². The fourth-order valence-electron chi connectivity index (χ4n) is 1.68. The summed E-state index contributed by atoms with van der Waals surface area (Å²) >= 11 is 13.7. The number of phenols is 1. The molecule has 0 bridgehead atoms. The summed E-state index contributed by atoms with van der Waals surface area (Å²) in [5, 5.41) is 9.83. The van der Waals surface area contributed by atoms with Gasteiger partial charge >= 0.3 is 5.97 Å². The van der Waals surface area contributed by atoms with Gasteiger partial charge in [0.05, 0.1) is 17.4 Å². The van der Waals surface area contributed by atoms with E-state index in [2.05, 4.69) is 0 Å². The summed E-state index contributed by atoms with van der Waals surface area (Å²) in [6.45, 7) is 2.09. The van der Waals surface area contributed by atoms with Crippen LogP contribution in [0.4, 0.5) is 0 Å². The van der Waals surface area contributed by atoms with Crippen molar-refractivity contribution in [2.75, 3.05) is 12.4 Å². The third-order valence-electron chi connectivity index (χ3n) is 2.73. The van der Waals surface area contributed by atoms with Crippen molar-refractivity contribution < 1.29 is 19.4 Å². The zero-order chi connectivity index (χ0) is 16.8. The van der Waals surface area contributed by atoms with Crippen LogP contribution in [0, 0.1) is 0 Å². The highest BCUT2D eigenvalue weighted by Gasteiger charge is 2.14. The second-order valence-corrected chi connectivity index (χ2v) is 6.15. The normalized spacial score (nSPS) is 10.4. The van der Waals surface area contributed by atoms with Crippen LogP contribution in [0.15, 0.2) is 41.3 Å². The molecule has 0 aliphatic heterocycles. The number of carbonyl (C=O) groups is 1. The molecule has 0 radical (unpaired) electrons. The van der Waals surface area contributed by atoms with Crippen molar-refractivity contribution in [3.8, 4) is 17.2 Å². The number of ether oxygens (including phenoxy) is 2. The van der Waals surface area contributed by atoms with Crippen molar-refractivity contribution in [1.82, 2.24) is 0 Å². The Morgan fingerprint density at radius 1 is 1.13 bits per heavy atom. The van der Waals surface area contributed by atoms with Crippen LogP contribution in [0.1, 0.15) is 6.92 Å². The lowest BCUT2D eigenvalue weighted by molar-refractivity contribution is -0.139. The number of benzene rings is 2. The minimum atomic E-state index is -0.311. The molecule has 2 rings (SSSR count). The molecule has 0 atom stereocenters. The Morgan fingerprint density at radius 2 is 1.83 bits per heavy atom. The van der Waals surface area contributed by atoms with E-state index >= 15 is 0 Å². The zero-order valence-corrected chi connectivity index (χ0v) is 14.5. The number of carbonyl (C=O) groups excluding carboxylic acids is 1. The zero-order valence-electron chi connectivity index (χ0n) is 12.2. The van der Waals surface area contributed by atoms with Crippen LogP contribution in [0.25, 0.3) is 0 Å². The molecular weight excluding hydrogens is 359 g/mol. The number of esters is 1. The van der Waals surface area contributed by atoms with E-state index < -0.39 is 0 Å². The van der Waals surface area contributed by atoms with Crippen LogP contribution < -0.4 is 4.74 Å². The van der Waals surface area contributed by atoms with E-state index in [1.54, 1.807) is 31.2 Å². The first kappa shape index (κ1) is 17.8. The van der Waals surface area contributed by atoms with Gasteiger partial charge in [-0.1, -0.05) is 23.2 Å². The molecule has 0 heterocycles. The molecule has 0 fully saturated rings. The van der Waals surface area contributed by atoms with Crippen LogP contribution in [-0.4, -0.2) is 23.4 Å². The lowest BCUT2D eigenvalue weighted by Gasteiger charge is -2.11. The van der Waals surface area contributed by atoms with E-state index in [-0.39, 0.29) is 22.5 Å². The first-order chi connectivity index (χ1) is 11.0. The van der Waals surface area contributed by atoms with Crippen molar-refractivity contribution in [3.63, 3.8) is 0 Å². The maximum atomic E-state index is 11.4. The Kier molecular flexibility index (Phi) is 6.45. The minimum Gasteiger partial charge on any atom is -0.508 e. The van der Waals surface area contributed by atoms with Gasteiger partial charge in [-0.2, -0.15) is 0 Å². The molecule has 0 saturated carbocycles. The van der Waals surface area contributed by atoms with E-state index in [0.717, 1.165) is 0 Å². The van der Waals surface area contributed by atoms with Gasteiger partial charge in [0.2, 0.25) is 0 Å². The van der Waals surface area contributed by atoms with E-state index in [4.69, 9.17) is 32.7 Å². The van der Waals surface area contributed by atoms with E-state index in [0.29, 0.717) is 28.0 Å². The first-order valence-corrected chi connectivity index (χ1v) is 8.48. The summed E-state index contributed by atoms with van der Waals surface area (Å²) in [7, 11) is 0. The lowest BCUT2D eigenvalue weighted by atomic mass is 10.3. The third-order valence-corrected chi connectivity index (χ3v) is 4.73. The second-order valence-electron chi connectivity index (χ2n) is 4.38. The molecule has 0 aliphatic carbocycles. The van der Waals surface area contributed by atoms with Gasteiger partial charge in [-0.05, 0) is 43.3 Å². The van der Waals surface area contributed by atoms with Crippen LogP contribution in [0.5, 0.6) is 17.2 Å². The summed E-state index contributed by atoms with van der Waals surface area (Å²) < 4.78 is 10.5. The Hall–Kier alpha value is -1.56. The van der Waals surface area contributed by atoms with E-state index in [1.807, 2.05) is 0 Å².